The second-order valence-corrected chi connectivity index (χ2v) is 28.9. The number of nitrogens with zero attached hydrogens (tertiary/aromatic N) is 2. The quantitative estimate of drug-likeness (QED) is 0.227. The second-order valence-electron chi connectivity index (χ2n) is 13.4. The molecule has 0 spiro atoms. The van der Waals surface area contributed by atoms with Crippen molar-refractivity contribution < 1.29 is 12.7 Å². The van der Waals surface area contributed by atoms with Crippen molar-refractivity contribution >= 4 is 91.9 Å². The van der Waals surface area contributed by atoms with Gasteiger partial charge in [0.15, 0.2) is 0 Å². The monoisotopic (exact) mass is 738 g/mol. The van der Waals surface area contributed by atoms with E-state index in [9.17, 15) is 0 Å². The van der Waals surface area contributed by atoms with Crippen molar-refractivity contribution in [2.45, 2.75) is 116 Å². The first-order chi connectivity index (χ1) is 20.2. The van der Waals surface area contributed by atoms with E-state index in [-0.39, 0.29) is 0 Å². The summed E-state index contributed by atoms with van der Waals surface area (Å²) in [6.45, 7) is 29.3. The molecule has 0 aromatic heterocycles. The third-order valence-corrected chi connectivity index (χ3v) is 26.2. The van der Waals surface area contributed by atoms with Crippen LogP contribution in [0.25, 0.3) is 0 Å². The van der Waals surface area contributed by atoms with Crippen molar-refractivity contribution in [3.05, 3.63) is 48.5 Å². The SMILES string of the molecule is CC(C)[Si](c1ccccc1N=C1SCCSC1=Nc1ccccc1[Si](C(C)C)(C(C)C)C(C)C)(C(C)C)C(C)C.[Cl][Ni][Cl]. The Labute approximate surface area is 288 Å². The molecule has 0 saturated carbocycles. The van der Waals surface area contributed by atoms with Gasteiger partial charge in [-0.25, -0.2) is 9.98 Å². The normalized spacial score (nSPS) is 16.8. The fourth-order valence-corrected chi connectivity index (χ4v) is 24.3. The van der Waals surface area contributed by atoms with Gasteiger partial charge in [0.05, 0.1) is 27.5 Å². The second kappa shape index (κ2) is 17.8. The number of halogens is 2. The van der Waals surface area contributed by atoms with E-state index in [1.807, 2.05) is 23.5 Å². The van der Waals surface area contributed by atoms with Crippen molar-refractivity contribution in [2.24, 2.45) is 9.98 Å². The summed E-state index contributed by atoms with van der Waals surface area (Å²) in [4.78, 5) is 11.0. The first-order valence-corrected chi connectivity index (χ1v) is 24.8. The van der Waals surface area contributed by atoms with Crippen LogP contribution in [0.3, 0.4) is 0 Å². The molecule has 244 valence electrons. The zero-order chi connectivity index (χ0) is 32.5. The molecule has 1 heterocycles. The van der Waals surface area contributed by atoms with Gasteiger partial charge in [0.1, 0.15) is 10.1 Å². The van der Waals surface area contributed by atoms with Gasteiger partial charge in [-0.05, 0) is 55.8 Å². The number of aliphatic imine (C=N–C) groups is 2. The van der Waals surface area contributed by atoms with Crippen molar-refractivity contribution in [2.75, 3.05) is 11.5 Å². The molecular weight excluding hydrogens is 686 g/mol. The van der Waals surface area contributed by atoms with Crippen molar-refractivity contribution in [1.82, 2.24) is 0 Å². The van der Waals surface area contributed by atoms with Gasteiger partial charge in [-0.2, -0.15) is 0 Å². The molecule has 43 heavy (non-hydrogen) atoms. The van der Waals surface area contributed by atoms with Crippen LogP contribution in [0.15, 0.2) is 58.5 Å². The van der Waals surface area contributed by atoms with Gasteiger partial charge in [-0.15, -0.1) is 23.5 Å². The molecule has 1 saturated heterocycles. The van der Waals surface area contributed by atoms with Crippen LogP contribution >= 0.6 is 43.9 Å². The summed E-state index contributed by atoms with van der Waals surface area (Å²) in [7, 11) is 5.69. The Morgan fingerprint density at radius 3 is 1.05 bits per heavy atom. The Morgan fingerprint density at radius 2 is 0.791 bits per heavy atom. The van der Waals surface area contributed by atoms with Gasteiger partial charge in [-0.3, -0.25) is 0 Å². The average Bonchev–Trinajstić information content (AvgIpc) is 2.91. The molecule has 2 aromatic rings. The van der Waals surface area contributed by atoms with Gasteiger partial charge >= 0.3 is 33.0 Å². The Kier molecular flexibility index (Phi) is 16.2. The van der Waals surface area contributed by atoms with Crippen molar-refractivity contribution in [3.63, 3.8) is 0 Å². The van der Waals surface area contributed by atoms with Crippen LogP contribution in [0.5, 0.6) is 0 Å². The van der Waals surface area contributed by atoms with Crippen LogP contribution in [0, 0.1) is 0 Å². The zero-order valence-electron chi connectivity index (χ0n) is 28.3. The summed E-state index contributed by atoms with van der Waals surface area (Å²) in [5, 5.41) is 5.24. The predicted octanol–water partition coefficient (Wildman–Crippen LogP) is 12.1. The fraction of sp³-hybridized carbons (Fsp3) is 0.588. The Morgan fingerprint density at radius 1 is 0.535 bits per heavy atom. The van der Waals surface area contributed by atoms with Gasteiger partial charge in [0, 0.05) is 11.5 Å². The van der Waals surface area contributed by atoms with Crippen LogP contribution in [0.2, 0.25) is 33.2 Å². The molecule has 0 bridgehead atoms. The third-order valence-electron chi connectivity index (χ3n) is 9.66. The molecule has 0 radical (unpaired) electrons. The van der Waals surface area contributed by atoms with Crippen LogP contribution in [-0.2, 0) is 12.7 Å². The molecule has 0 atom stereocenters. The van der Waals surface area contributed by atoms with E-state index >= 15 is 0 Å². The van der Waals surface area contributed by atoms with Gasteiger partial charge < -0.3 is 0 Å². The van der Waals surface area contributed by atoms with Crippen molar-refractivity contribution in [1.29, 1.82) is 0 Å². The maximum absolute atomic E-state index is 5.48. The summed E-state index contributed by atoms with van der Waals surface area (Å²) >= 11 is 4.34. The van der Waals surface area contributed by atoms with Gasteiger partial charge in [0.25, 0.3) is 0 Å². The number of rotatable bonds is 10. The summed E-state index contributed by atoms with van der Waals surface area (Å²) < 4.78 is 0. The van der Waals surface area contributed by atoms with E-state index in [2.05, 4.69) is 132 Å². The maximum atomic E-state index is 5.48. The molecule has 1 aliphatic heterocycles. The van der Waals surface area contributed by atoms with Gasteiger partial charge in [0.2, 0.25) is 0 Å². The predicted molar refractivity (Wildman–Crippen MR) is 205 cm³/mol. The summed E-state index contributed by atoms with van der Waals surface area (Å²) in [5.41, 5.74) is 6.20. The van der Waals surface area contributed by atoms with E-state index in [1.165, 1.54) is 21.7 Å². The average molecular weight is 741 g/mol. The molecule has 0 unspecified atom stereocenters. The topological polar surface area (TPSA) is 24.7 Å². The van der Waals surface area contributed by atoms with E-state index in [0.29, 0.717) is 45.9 Å². The number of para-hydroxylation sites is 2. The Hall–Kier alpha value is -0.0127. The fourth-order valence-electron chi connectivity index (χ4n) is 8.52. The number of benzene rings is 2. The van der Waals surface area contributed by atoms with Crippen LogP contribution in [0.1, 0.15) is 83.1 Å². The molecule has 0 aliphatic carbocycles. The molecule has 1 fully saturated rings. The van der Waals surface area contributed by atoms with E-state index in [0.717, 1.165) is 21.6 Å². The molecule has 1 aliphatic rings. The molecule has 0 amide bonds. The molecular formula is C34H54Cl2N2NiS2Si2. The number of thioether (sulfide) groups is 2. The number of hydrogen-bond donors (Lipinski definition) is 0. The first kappa shape index (κ1) is 39.2. The molecule has 2 nitrogen and oxygen atoms in total. The minimum atomic E-state index is -1.86. The Bertz CT molecular complexity index is 1100. The van der Waals surface area contributed by atoms with Crippen LogP contribution in [0.4, 0.5) is 11.4 Å². The van der Waals surface area contributed by atoms with Crippen molar-refractivity contribution in [3.8, 4) is 0 Å². The molecule has 9 heteroatoms. The summed E-state index contributed by atoms with van der Waals surface area (Å²) in [5.74, 6) is 2.16. The van der Waals surface area contributed by atoms with E-state index < -0.39 is 16.1 Å². The summed E-state index contributed by atoms with van der Waals surface area (Å²) in [6.07, 6.45) is 0. The van der Waals surface area contributed by atoms with Gasteiger partial charge in [-0.1, -0.05) is 119 Å². The zero-order valence-corrected chi connectivity index (χ0v) is 34.4. The molecule has 0 N–H and O–H groups in total. The standard InChI is InChI=1S/C34H54N2S2Si2.2ClH.Ni/c1-23(2)39(24(3)4,25(5)6)31-19-15-13-17-29(31)35-33-34(38-22-21-37-33)36-30-18-14-16-20-32(30)40(26(7)8,27(9)10)28(11)12;;;/h13-20,23-28H,21-22H2,1-12H3;2*1H;/q;;;+2/p-2. The van der Waals surface area contributed by atoms with E-state index in [4.69, 9.17) is 30.4 Å². The first-order valence-electron chi connectivity index (χ1n) is 15.7. The van der Waals surface area contributed by atoms with E-state index in [1.54, 1.807) is 0 Å². The number of hydrogen-bond acceptors (Lipinski definition) is 4. The Balaban J connectivity index is 0.00000206. The van der Waals surface area contributed by atoms with Crippen LogP contribution < -0.4 is 10.4 Å². The minimum absolute atomic E-state index is 0.569. The molecule has 2 aromatic carbocycles. The summed E-state index contributed by atoms with van der Waals surface area (Å²) in [6, 6.07) is 18.1. The van der Waals surface area contributed by atoms with Crippen LogP contribution in [-0.4, -0.2) is 37.7 Å². The third kappa shape index (κ3) is 8.48. The molecule has 3 rings (SSSR count).